The first-order valence-corrected chi connectivity index (χ1v) is 8.67. The summed E-state index contributed by atoms with van der Waals surface area (Å²) < 4.78 is 61.2. The number of hydrogen-bond acceptors (Lipinski definition) is 4. The molecule has 3 N–H and O–H groups in total. The zero-order chi connectivity index (χ0) is 16.5. The lowest BCUT2D eigenvalue weighted by Gasteiger charge is -2.24. The van der Waals surface area contributed by atoms with Crippen LogP contribution in [-0.2, 0) is 16.2 Å². The quantitative estimate of drug-likeness (QED) is 0.863. The van der Waals surface area contributed by atoms with Gasteiger partial charge in [-0.05, 0) is 38.3 Å². The molecule has 0 saturated carbocycles. The Hall–Kier alpha value is -0.930. The van der Waals surface area contributed by atoms with Gasteiger partial charge < -0.3 is 5.32 Å². The van der Waals surface area contributed by atoms with Gasteiger partial charge in [0.1, 0.15) is 0 Å². The van der Waals surface area contributed by atoms with Crippen molar-refractivity contribution in [1.29, 1.82) is 0 Å². The van der Waals surface area contributed by atoms with Crippen molar-refractivity contribution in [1.82, 2.24) is 0 Å². The van der Waals surface area contributed by atoms with E-state index >= 15 is 0 Å². The lowest BCUT2D eigenvalue weighted by atomic mass is 10.1. The molecule has 0 spiro atoms. The Bertz CT molecular complexity index is 613. The van der Waals surface area contributed by atoms with Crippen molar-refractivity contribution in [2.45, 2.75) is 29.7 Å². The number of halogens is 3. The van der Waals surface area contributed by atoms with Gasteiger partial charge in [0.25, 0.3) is 0 Å². The molecule has 0 atom stereocenters. The fourth-order valence-electron chi connectivity index (χ4n) is 1.47. The summed E-state index contributed by atoms with van der Waals surface area (Å²) in [5.41, 5.74) is -1.22. The van der Waals surface area contributed by atoms with Gasteiger partial charge in [0.2, 0.25) is 10.0 Å². The van der Waals surface area contributed by atoms with Crippen LogP contribution in [0.3, 0.4) is 0 Å². The summed E-state index contributed by atoms with van der Waals surface area (Å²) in [6.07, 6.45) is -2.82. The van der Waals surface area contributed by atoms with Crippen LogP contribution in [0.25, 0.3) is 0 Å². The van der Waals surface area contributed by atoms with Crippen LogP contribution in [0.15, 0.2) is 23.1 Å². The maximum Gasteiger partial charge on any atom is 0.418 e. The normalized spacial score (nSPS) is 13.3. The molecule has 0 fully saturated rings. The van der Waals surface area contributed by atoms with Gasteiger partial charge in [0, 0.05) is 17.0 Å². The van der Waals surface area contributed by atoms with Gasteiger partial charge in [0.15, 0.2) is 0 Å². The molecule has 1 rings (SSSR count). The molecular weight excluding hydrogens is 325 g/mol. The highest BCUT2D eigenvalue weighted by Crippen LogP contribution is 2.36. The second kappa shape index (κ2) is 6.05. The first kappa shape index (κ1) is 18.1. The molecule has 1 aromatic rings. The van der Waals surface area contributed by atoms with Crippen LogP contribution in [0, 0.1) is 0 Å². The molecule has 0 aliphatic heterocycles. The molecule has 0 radical (unpaired) electrons. The van der Waals surface area contributed by atoms with Crippen molar-refractivity contribution in [3.63, 3.8) is 0 Å². The first-order chi connectivity index (χ1) is 9.37. The van der Waals surface area contributed by atoms with Gasteiger partial charge >= 0.3 is 6.18 Å². The molecule has 4 nitrogen and oxygen atoms in total. The number of rotatable bonds is 5. The number of benzene rings is 1. The van der Waals surface area contributed by atoms with Crippen molar-refractivity contribution in [2.75, 3.05) is 18.1 Å². The van der Waals surface area contributed by atoms with Crippen molar-refractivity contribution in [3.05, 3.63) is 23.8 Å². The Balaban J connectivity index is 3.21. The molecule has 120 valence electrons. The van der Waals surface area contributed by atoms with Crippen LogP contribution in [0.1, 0.15) is 19.4 Å². The van der Waals surface area contributed by atoms with Gasteiger partial charge in [-0.25, -0.2) is 13.6 Å². The van der Waals surface area contributed by atoms with E-state index in [1.165, 1.54) is 11.8 Å². The third kappa shape index (κ3) is 5.08. The standard InChI is InChI=1S/C12H17F3N2O2S2/c1-11(2,20-3)7-17-10-5-4-8(21(16,18)19)6-9(10)12(13,14)15/h4-6,17H,7H2,1-3H3,(H2,16,18,19). The number of nitrogens with one attached hydrogen (secondary N) is 1. The van der Waals surface area contributed by atoms with E-state index in [-0.39, 0.29) is 10.4 Å². The van der Waals surface area contributed by atoms with Crippen LogP contribution >= 0.6 is 11.8 Å². The number of thioether (sulfide) groups is 1. The molecule has 0 heterocycles. The minimum Gasteiger partial charge on any atom is -0.383 e. The Morgan fingerprint density at radius 3 is 2.29 bits per heavy atom. The van der Waals surface area contributed by atoms with Crippen LogP contribution in [0.4, 0.5) is 18.9 Å². The highest BCUT2D eigenvalue weighted by atomic mass is 32.2. The second-order valence-electron chi connectivity index (χ2n) is 5.07. The molecule has 21 heavy (non-hydrogen) atoms. The van der Waals surface area contributed by atoms with E-state index in [0.717, 1.165) is 12.1 Å². The number of anilines is 1. The van der Waals surface area contributed by atoms with E-state index in [1.54, 1.807) is 0 Å². The summed E-state index contributed by atoms with van der Waals surface area (Å²) in [6.45, 7) is 4.07. The van der Waals surface area contributed by atoms with Crippen LogP contribution in [0.2, 0.25) is 0 Å². The van der Waals surface area contributed by atoms with Crippen molar-refractivity contribution in [2.24, 2.45) is 5.14 Å². The summed E-state index contributed by atoms with van der Waals surface area (Å²) in [5, 5.41) is 7.58. The minimum atomic E-state index is -4.67. The number of sulfonamides is 1. The van der Waals surface area contributed by atoms with Crippen molar-refractivity contribution < 1.29 is 21.6 Å². The van der Waals surface area contributed by atoms with E-state index in [0.29, 0.717) is 12.6 Å². The molecular formula is C12H17F3N2O2S2. The van der Waals surface area contributed by atoms with Gasteiger partial charge in [-0.1, -0.05) is 0 Å². The average Bonchev–Trinajstić information content (AvgIpc) is 2.34. The Labute approximate surface area is 126 Å². The van der Waals surface area contributed by atoms with E-state index in [9.17, 15) is 21.6 Å². The molecule has 1 aromatic carbocycles. The fourth-order valence-corrected chi connectivity index (χ4v) is 2.23. The lowest BCUT2D eigenvalue weighted by molar-refractivity contribution is -0.137. The smallest absolute Gasteiger partial charge is 0.383 e. The largest absolute Gasteiger partial charge is 0.418 e. The number of hydrogen-bond donors (Lipinski definition) is 2. The van der Waals surface area contributed by atoms with Gasteiger partial charge in [-0.15, -0.1) is 0 Å². The number of alkyl halides is 3. The molecule has 0 aromatic heterocycles. The second-order valence-corrected chi connectivity index (χ2v) is 8.14. The van der Waals surface area contributed by atoms with Crippen LogP contribution in [0.5, 0.6) is 0 Å². The zero-order valence-corrected chi connectivity index (χ0v) is 13.4. The van der Waals surface area contributed by atoms with E-state index in [2.05, 4.69) is 5.32 Å². The van der Waals surface area contributed by atoms with E-state index in [4.69, 9.17) is 5.14 Å². The molecule has 9 heteroatoms. The summed E-state index contributed by atoms with van der Waals surface area (Å²) >= 11 is 1.51. The fraction of sp³-hybridized carbons (Fsp3) is 0.500. The minimum absolute atomic E-state index is 0.169. The van der Waals surface area contributed by atoms with Gasteiger partial charge in [-0.3, -0.25) is 0 Å². The Morgan fingerprint density at radius 2 is 1.86 bits per heavy atom. The lowest BCUT2D eigenvalue weighted by Crippen LogP contribution is -2.27. The monoisotopic (exact) mass is 342 g/mol. The maximum atomic E-state index is 13.0. The van der Waals surface area contributed by atoms with Crippen LogP contribution in [-0.4, -0.2) is 26.0 Å². The molecule has 0 unspecified atom stereocenters. The molecule has 0 saturated heterocycles. The number of nitrogens with two attached hydrogens (primary N) is 1. The first-order valence-electron chi connectivity index (χ1n) is 5.90. The van der Waals surface area contributed by atoms with Crippen LogP contribution < -0.4 is 10.5 Å². The third-order valence-electron chi connectivity index (χ3n) is 2.88. The Kier molecular flexibility index (Phi) is 5.22. The van der Waals surface area contributed by atoms with Crippen molar-refractivity contribution in [3.8, 4) is 0 Å². The predicted octanol–water partition coefficient (Wildman–Crippen LogP) is 2.91. The highest BCUT2D eigenvalue weighted by molar-refractivity contribution is 7.99. The predicted molar refractivity (Wildman–Crippen MR) is 78.9 cm³/mol. The molecule has 0 amide bonds. The maximum absolute atomic E-state index is 13.0. The molecule has 0 bridgehead atoms. The molecule has 0 aliphatic carbocycles. The SMILES string of the molecule is CSC(C)(C)CNc1ccc(S(N)(=O)=O)cc1C(F)(F)F. The zero-order valence-electron chi connectivity index (χ0n) is 11.8. The van der Waals surface area contributed by atoms with E-state index < -0.39 is 26.7 Å². The van der Waals surface area contributed by atoms with Gasteiger partial charge in [-0.2, -0.15) is 24.9 Å². The summed E-state index contributed by atoms with van der Waals surface area (Å²) in [4.78, 5) is -0.565. The third-order valence-corrected chi connectivity index (χ3v) is 5.04. The summed E-state index contributed by atoms with van der Waals surface area (Å²) in [6, 6.07) is 2.68. The van der Waals surface area contributed by atoms with E-state index in [1.807, 2.05) is 20.1 Å². The Morgan fingerprint density at radius 1 is 1.29 bits per heavy atom. The van der Waals surface area contributed by atoms with Crippen molar-refractivity contribution >= 4 is 27.5 Å². The average molecular weight is 342 g/mol. The molecule has 0 aliphatic rings. The van der Waals surface area contributed by atoms with Gasteiger partial charge in [0.05, 0.1) is 10.5 Å². The summed E-state index contributed by atoms with van der Waals surface area (Å²) in [5.74, 6) is 0. The topological polar surface area (TPSA) is 72.2 Å². The highest BCUT2D eigenvalue weighted by Gasteiger charge is 2.35. The summed E-state index contributed by atoms with van der Waals surface area (Å²) in [7, 11) is -4.18. The number of primary sulfonamides is 1.